The first kappa shape index (κ1) is 11.4. The SMILES string of the molecule is CCN1CCN(CC2(CCN)CC2)CC1. The van der Waals surface area contributed by atoms with E-state index in [9.17, 15) is 0 Å². The molecule has 88 valence electrons. The molecular formula is C12H25N3. The Kier molecular flexibility index (Phi) is 3.65. The number of rotatable bonds is 5. The van der Waals surface area contributed by atoms with Crippen LogP contribution < -0.4 is 5.73 Å². The van der Waals surface area contributed by atoms with Gasteiger partial charge in [-0.25, -0.2) is 0 Å². The fourth-order valence-electron chi connectivity index (χ4n) is 2.71. The molecule has 1 aliphatic carbocycles. The lowest BCUT2D eigenvalue weighted by atomic mass is 10.0. The largest absolute Gasteiger partial charge is 0.330 e. The van der Waals surface area contributed by atoms with E-state index < -0.39 is 0 Å². The molecule has 1 aliphatic heterocycles. The zero-order valence-electron chi connectivity index (χ0n) is 10.0. The Hall–Kier alpha value is -0.120. The minimum atomic E-state index is 0.628. The minimum absolute atomic E-state index is 0.628. The molecule has 0 bridgehead atoms. The monoisotopic (exact) mass is 211 g/mol. The van der Waals surface area contributed by atoms with E-state index in [1.807, 2.05) is 0 Å². The van der Waals surface area contributed by atoms with Gasteiger partial charge in [-0.2, -0.15) is 0 Å². The summed E-state index contributed by atoms with van der Waals surface area (Å²) in [5.41, 5.74) is 6.30. The van der Waals surface area contributed by atoms with Gasteiger partial charge in [-0.05, 0) is 37.8 Å². The van der Waals surface area contributed by atoms with Gasteiger partial charge in [-0.3, -0.25) is 0 Å². The Bertz CT molecular complexity index is 193. The fourth-order valence-corrected chi connectivity index (χ4v) is 2.71. The summed E-state index contributed by atoms with van der Waals surface area (Å²) in [7, 11) is 0. The standard InChI is InChI=1S/C12H25N3/c1-2-14-7-9-15(10-8-14)11-12(3-4-12)5-6-13/h2-11,13H2,1H3. The Morgan fingerprint density at radius 1 is 1.07 bits per heavy atom. The van der Waals surface area contributed by atoms with Crippen molar-refractivity contribution in [2.75, 3.05) is 45.8 Å². The summed E-state index contributed by atoms with van der Waals surface area (Å²) in [5, 5.41) is 0. The molecule has 0 aromatic heterocycles. The third-order valence-electron chi connectivity index (χ3n) is 4.10. The van der Waals surface area contributed by atoms with Crippen LogP contribution in [0.25, 0.3) is 0 Å². The highest BCUT2D eigenvalue weighted by molar-refractivity contribution is 4.96. The number of piperazine rings is 1. The summed E-state index contributed by atoms with van der Waals surface area (Å²) >= 11 is 0. The lowest BCUT2D eigenvalue weighted by molar-refractivity contribution is 0.115. The molecule has 0 aromatic carbocycles. The lowest BCUT2D eigenvalue weighted by Gasteiger charge is -2.36. The third-order valence-corrected chi connectivity index (χ3v) is 4.10. The number of nitrogens with zero attached hydrogens (tertiary/aromatic N) is 2. The molecular weight excluding hydrogens is 186 g/mol. The van der Waals surface area contributed by atoms with Gasteiger partial charge in [0.05, 0.1) is 0 Å². The summed E-state index contributed by atoms with van der Waals surface area (Å²) in [6, 6.07) is 0. The molecule has 3 nitrogen and oxygen atoms in total. The van der Waals surface area contributed by atoms with Gasteiger partial charge in [-0.1, -0.05) is 6.92 Å². The minimum Gasteiger partial charge on any atom is -0.330 e. The predicted molar refractivity (Wildman–Crippen MR) is 63.9 cm³/mol. The van der Waals surface area contributed by atoms with Gasteiger partial charge in [0, 0.05) is 32.7 Å². The molecule has 0 radical (unpaired) electrons. The number of hydrogen-bond acceptors (Lipinski definition) is 3. The quantitative estimate of drug-likeness (QED) is 0.728. The van der Waals surface area contributed by atoms with Crippen LogP contribution in [0.2, 0.25) is 0 Å². The molecule has 2 aliphatic rings. The van der Waals surface area contributed by atoms with Gasteiger partial charge in [-0.15, -0.1) is 0 Å². The van der Waals surface area contributed by atoms with Crippen LogP contribution in [-0.2, 0) is 0 Å². The van der Waals surface area contributed by atoms with E-state index >= 15 is 0 Å². The van der Waals surface area contributed by atoms with Crippen LogP contribution >= 0.6 is 0 Å². The summed E-state index contributed by atoms with van der Waals surface area (Å²) < 4.78 is 0. The number of nitrogens with two attached hydrogens (primary N) is 1. The highest BCUT2D eigenvalue weighted by Gasteiger charge is 2.42. The number of hydrogen-bond donors (Lipinski definition) is 1. The van der Waals surface area contributed by atoms with Gasteiger partial charge >= 0.3 is 0 Å². The van der Waals surface area contributed by atoms with Crippen molar-refractivity contribution in [3.05, 3.63) is 0 Å². The molecule has 0 atom stereocenters. The average molecular weight is 211 g/mol. The van der Waals surface area contributed by atoms with E-state index in [4.69, 9.17) is 5.73 Å². The van der Waals surface area contributed by atoms with Crippen molar-refractivity contribution in [3.63, 3.8) is 0 Å². The molecule has 0 spiro atoms. The second-order valence-corrected chi connectivity index (χ2v) is 5.25. The third kappa shape index (κ3) is 2.92. The van der Waals surface area contributed by atoms with Crippen LogP contribution in [0.1, 0.15) is 26.2 Å². The van der Waals surface area contributed by atoms with Crippen molar-refractivity contribution in [3.8, 4) is 0 Å². The molecule has 0 amide bonds. The molecule has 0 unspecified atom stereocenters. The second-order valence-electron chi connectivity index (χ2n) is 5.25. The highest BCUT2D eigenvalue weighted by Crippen LogP contribution is 2.49. The summed E-state index contributed by atoms with van der Waals surface area (Å²) in [6.45, 7) is 10.7. The molecule has 2 fully saturated rings. The van der Waals surface area contributed by atoms with Crippen molar-refractivity contribution in [1.29, 1.82) is 0 Å². The zero-order valence-corrected chi connectivity index (χ0v) is 10.0. The smallest absolute Gasteiger partial charge is 0.0110 e. The number of likely N-dealkylation sites (N-methyl/N-ethyl adjacent to an activating group) is 1. The van der Waals surface area contributed by atoms with Crippen LogP contribution in [0.4, 0.5) is 0 Å². The first-order valence-electron chi connectivity index (χ1n) is 6.43. The predicted octanol–water partition coefficient (Wildman–Crippen LogP) is 0.753. The van der Waals surface area contributed by atoms with Crippen LogP contribution in [0.3, 0.4) is 0 Å². The van der Waals surface area contributed by atoms with Crippen molar-refractivity contribution in [1.82, 2.24) is 9.80 Å². The maximum absolute atomic E-state index is 5.68. The first-order chi connectivity index (χ1) is 7.28. The fraction of sp³-hybridized carbons (Fsp3) is 1.00. The van der Waals surface area contributed by atoms with Gasteiger partial charge in [0.25, 0.3) is 0 Å². The van der Waals surface area contributed by atoms with Crippen LogP contribution in [0.15, 0.2) is 0 Å². The highest BCUT2D eigenvalue weighted by atomic mass is 15.3. The van der Waals surface area contributed by atoms with Crippen LogP contribution in [0, 0.1) is 5.41 Å². The van der Waals surface area contributed by atoms with Gasteiger partial charge in [0.2, 0.25) is 0 Å². The first-order valence-corrected chi connectivity index (χ1v) is 6.43. The summed E-state index contributed by atoms with van der Waals surface area (Å²) in [6.07, 6.45) is 4.07. The molecule has 0 aromatic rings. The maximum Gasteiger partial charge on any atom is 0.0110 e. The Morgan fingerprint density at radius 3 is 2.13 bits per heavy atom. The van der Waals surface area contributed by atoms with E-state index in [-0.39, 0.29) is 0 Å². The van der Waals surface area contributed by atoms with E-state index in [0.29, 0.717) is 5.41 Å². The topological polar surface area (TPSA) is 32.5 Å². The van der Waals surface area contributed by atoms with Crippen molar-refractivity contribution in [2.45, 2.75) is 26.2 Å². The molecule has 1 saturated heterocycles. The van der Waals surface area contributed by atoms with Crippen molar-refractivity contribution >= 4 is 0 Å². The van der Waals surface area contributed by atoms with Crippen molar-refractivity contribution in [2.24, 2.45) is 11.1 Å². The lowest BCUT2D eigenvalue weighted by Crippen LogP contribution is -2.47. The van der Waals surface area contributed by atoms with E-state index in [2.05, 4.69) is 16.7 Å². The normalized spacial score (nSPS) is 26.8. The molecule has 2 N–H and O–H groups in total. The Labute approximate surface area is 93.6 Å². The zero-order chi connectivity index (χ0) is 10.7. The summed E-state index contributed by atoms with van der Waals surface area (Å²) in [5.74, 6) is 0. The Balaban J connectivity index is 1.72. The van der Waals surface area contributed by atoms with E-state index in [1.54, 1.807) is 0 Å². The van der Waals surface area contributed by atoms with Gasteiger partial charge < -0.3 is 15.5 Å². The van der Waals surface area contributed by atoms with Crippen LogP contribution in [-0.4, -0.2) is 55.6 Å². The van der Waals surface area contributed by atoms with E-state index in [1.165, 1.54) is 58.5 Å². The molecule has 3 heteroatoms. The average Bonchev–Trinajstić information content (AvgIpc) is 3.00. The molecule has 1 saturated carbocycles. The van der Waals surface area contributed by atoms with Gasteiger partial charge in [0.1, 0.15) is 0 Å². The second kappa shape index (κ2) is 4.81. The van der Waals surface area contributed by atoms with Crippen LogP contribution in [0.5, 0.6) is 0 Å². The molecule has 1 heterocycles. The van der Waals surface area contributed by atoms with E-state index in [0.717, 1.165) is 6.54 Å². The molecule has 2 rings (SSSR count). The van der Waals surface area contributed by atoms with Gasteiger partial charge in [0.15, 0.2) is 0 Å². The maximum atomic E-state index is 5.68. The summed E-state index contributed by atoms with van der Waals surface area (Å²) in [4.78, 5) is 5.19. The Morgan fingerprint density at radius 2 is 1.67 bits per heavy atom. The van der Waals surface area contributed by atoms with Crippen molar-refractivity contribution < 1.29 is 0 Å². The molecule has 15 heavy (non-hydrogen) atoms.